The van der Waals surface area contributed by atoms with Crippen molar-refractivity contribution in [2.24, 2.45) is 11.3 Å². The molecule has 0 heterocycles. The van der Waals surface area contributed by atoms with E-state index in [1.807, 2.05) is 31.2 Å². The van der Waals surface area contributed by atoms with E-state index in [0.717, 1.165) is 22.3 Å². The number of ether oxygens (including phenoxy) is 1. The summed E-state index contributed by atoms with van der Waals surface area (Å²) in [7, 11) is 0. The molecule has 7 heteroatoms. The quantitative estimate of drug-likeness (QED) is 0.599. The van der Waals surface area contributed by atoms with E-state index in [1.165, 1.54) is 0 Å². The highest BCUT2D eigenvalue weighted by atomic mass is 16.5. The summed E-state index contributed by atoms with van der Waals surface area (Å²) in [6, 6.07) is 15.3. The molecule has 4 atom stereocenters. The molecule has 7 nitrogen and oxygen atoms in total. The molecule has 2 fully saturated rings. The number of hydrogen-bond acceptors (Lipinski definition) is 4. The lowest BCUT2D eigenvalue weighted by Gasteiger charge is -2.22. The fourth-order valence-corrected chi connectivity index (χ4v) is 5.70. The molecular formula is C26H28N2O5. The molecule has 0 aliphatic heterocycles. The van der Waals surface area contributed by atoms with Gasteiger partial charge in [-0.1, -0.05) is 55.5 Å². The zero-order valence-corrected chi connectivity index (χ0v) is 18.5. The SMILES string of the molecule is CC[C@H](NC(=O)OCC1c2ccccc2-c2ccccc21)C(=O)N[C@@H]1C[C@H]2C[C@@]2(C(=O)O)C1. The summed E-state index contributed by atoms with van der Waals surface area (Å²) in [5.74, 6) is -0.962. The zero-order chi connectivity index (χ0) is 23.2. The number of carbonyl (C=O) groups is 3. The number of rotatable bonds is 7. The van der Waals surface area contributed by atoms with E-state index < -0.39 is 23.5 Å². The summed E-state index contributed by atoms with van der Waals surface area (Å²) in [6.45, 7) is 2.00. The molecule has 0 spiro atoms. The Bertz CT molecular complexity index is 1070. The maximum Gasteiger partial charge on any atom is 0.407 e. The number of benzene rings is 2. The predicted molar refractivity (Wildman–Crippen MR) is 122 cm³/mol. The maximum absolute atomic E-state index is 12.7. The van der Waals surface area contributed by atoms with Gasteiger partial charge < -0.3 is 20.5 Å². The van der Waals surface area contributed by atoms with E-state index in [0.29, 0.717) is 25.7 Å². The van der Waals surface area contributed by atoms with Gasteiger partial charge in [0.1, 0.15) is 12.6 Å². The molecule has 3 aliphatic carbocycles. The lowest BCUT2D eigenvalue weighted by molar-refractivity contribution is -0.143. The molecule has 2 saturated carbocycles. The Morgan fingerprint density at radius 3 is 2.27 bits per heavy atom. The van der Waals surface area contributed by atoms with Gasteiger partial charge in [0.15, 0.2) is 0 Å². The van der Waals surface area contributed by atoms with Crippen molar-refractivity contribution in [3.63, 3.8) is 0 Å². The second-order valence-corrected chi connectivity index (χ2v) is 9.44. The van der Waals surface area contributed by atoms with Gasteiger partial charge >= 0.3 is 12.1 Å². The van der Waals surface area contributed by atoms with Crippen molar-refractivity contribution in [2.45, 2.75) is 50.6 Å². The van der Waals surface area contributed by atoms with E-state index in [4.69, 9.17) is 4.74 Å². The van der Waals surface area contributed by atoms with Gasteiger partial charge in [-0.25, -0.2) is 4.79 Å². The third-order valence-electron chi connectivity index (χ3n) is 7.54. The minimum atomic E-state index is -0.770. The van der Waals surface area contributed by atoms with Crippen LogP contribution in [-0.2, 0) is 14.3 Å². The van der Waals surface area contributed by atoms with Crippen LogP contribution in [-0.4, -0.2) is 41.8 Å². The molecule has 0 aromatic heterocycles. The first-order chi connectivity index (χ1) is 15.9. The van der Waals surface area contributed by atoms with Crippen molar-refractivity contribution in [1.82, 2.24) is 10.6 Å². The summed E-state index contributed by atoms with van der Waals surface area (Å²) < 4.78 is 5.56. The van der Waals surface area contributed by atoms with Crippen LogP contribution in [0, 0.1) is 11.3 Å². The third kappa shape index (κ3) is 3.75. The smallest absolute Gasteiger partial charge is 0.407 e. The molecule has 33 heavy (non-hydrogen) atoms. The standard InChI is InChI=1S/C26H28N2O5/c1-2-22(23(29)27-16-11-15-12-26(15,13-16)24(30)31)28-25(32)33-14-21-19-9-5-3-7-17(19)18-8-4-6-10-20(18)21/h3-10,15-16,21-22H,2,11-14H2,1H3,(H,27,29)(H,28,32)(H,30,31)/t15-,16+,22-,26+/m0/s1. The van der Waals surface area contributed by atoms with Gasteiger partial charge in [-0.05, 0) is 53.9 Å². The Morgan fingerprint density at radius 1 is 1.06 bits per heavy atom. The van der Waals surface area contributed by atoms with Crippen LogP contribution < -0.4 is 10.6 Å². The number of fused-ring (bicyclic) bond motifs is 4. The normalized spacial score (nSPS) is 25.4. The summed E-state index contributed by atoms with van der Waals surface area (Å²) in [4.78, 5) is 36.7. The number of amides is 2. The largest absolute Gasteiger partial charge is 0.481 e. The Labute approximate surface area is 192 Å². The first-order valence-electron chi connectivity index (χ1n) is 11.6. The molecule has 0 radical (unpaired) electrons. The summed E-state index contributed by atoms with van der Waals surface area (Å²) in [5, 5.41) is 15.0. The fraction of sp³-hybridized carbons (Fsp3) is 0.423. The first-order valence-corrected chi connectivity index (χ1v) is 11.6. The van der Waals surface area contributed by atoms with Gasteiger partial charge in [0.2, 0.25) is 5.91 Å². The highest BCUT2D eigenvalue weighted by molar-refractivity contribution is 5.86. The Balaban J connectivity index is 1.17. The minimum Gasteiger partial charge on any atom is -0.481 e. The molecular weight excluding hydrogens is 420 g/mol. The highest BCUT2D eigenvalue weighted by Crippen LogP contribution is 2.63. The van der Waals surface area contributed by atoms with Crippen LogP contribution in [0.4, 0.5) is 4.79 Å². The summed E-state index contributed by atoms with van der Waals surface area (Å²) in [5.41, 5.74) is 3.91. The van der Waals surface area contributed by atoms with Crippen molar-refractivity contribution < 1.29 is 24.2 Å². The number of carboxylic acids is 1. The number of aliphatic carboxylic acids is 1. The second kappa shape index (κ2) is 8.21. The van der Waals surface area contributed by atoms with E-state index in [9.17, 15) is 19.5 Å². The number of carbonyl (C=O) groups excluding carboxylic acids is 2. The number of alkyl carbamates (subject to hydrolysis) is 1. The average molecular weight is 449 g/mol. The summed E-state index contributed by atoms with van der Waals surface area (Å²) >= 11 is 0. The van der Waals surface area contributed by atoms with Gasteiger partial charge in [0.05, 0.1) is 5.41 Å². The monoisotopic (exact) mass is 448 g/mol. The predicted octanol–water partition coefficient (Wildman–Crippen LogP) is 3.67. The highest BCUT2D eigenvalue weighted by Gasteiger charge is 2.65. The van der Waals surface area contributed by atoms with Crippen LogP contribution >= 0.6 is 0 Å². The molecule has 3 N–H and O–H groups in total. The van der Waals surface area contributed by atoms with Crippen LogP contribution in [0.25, 0.3) is 11.1 Å². The molecule has 2 amide bonds. The van der Waals surface area contributed by atoms with E-state index in [1.54, 1.807) is 0 Å². The lowest BCUT2D eigenvalue weighted by atomic mass is 9.98. The topological polar surface area (TPSA) is 105 Å². The van der Waals surface area contributed by atoms with Gasteiger partial charge in [0.25, 0.3) is 0 Å². The molecule has 2 aromatic carbocycles. The number of nitrogens with one attached hydrogen (secondary N) is 2. The Hall–Kier alpha value is -3.35. The summed E-state index contributed by atoms with van der Waals surface area (Å²) in [6.07, 6.45) is 1.62. The van der Waals surface area contributed by atoms with Crippen molar-refractivity contribution >= 4 is 18.0 Å². The second-order valence-electron chi connectivity index (χ2n) is 9.44. The van der Waals surface area contributed by atoms with E-state index in [2.05, 4.69) is 34.9 Å². The van der Waals surface area contributed by atoms with Crippen molar-refractivity contribution in [2.75, 3.05) is 6.61 Å². The number of carboxylic acid groups (broad SMARTS) is 1. The van der Waals surface area contributed by atoms with Crippen molar-refractivity contribution in [1.29, 1.82) is 0 Å². The molecule has 0 bridgehead atoms. The van der Waals surface area contributed by atoms with Gasteiger partial charge in [0, 0.05) is 12.0 Å². The maximum atomic E-state index is 12.7. The van der Waals surface area contributed by atoms with Gasteiger partial charge in [-0.3, -0.25) is 9.59 Å². The molecule has 5 rings (SSSR count). The molecule has 172 valence electrons. The van der Waals surface area contributed by atoms with E-state index >= 15 is 0 Å². The molecule has 0 saturated heterocycles. The van der Waals surface area contributed by atoms with Crippen molar-refractivity contribution in [3.8, 4) is 11.1 Å². The Morgan fingerprint density at radius 2 is 1.70 bits per heavy atom. The molecule has 2 aromatic rings. The van der Waals surface area contributed by atoms with Crippen LogP contribution in [0.2, 0.25) is 0 Å². The van der Waals surface area contributed by atoms with Crippen LogP contribution in [0.15, 0.2) is 48.5 Å². The number of hydrogen-bond donors (Lipinski definition) is 3. The first kappa shape index (κ1) is 21.5. The van der Waals surface area contributed by atoms with Crippen LogP contribution in [0.1, 0.15) is 49.7 Å². The van der Waals surface area contributed by atoms with Crippen LogP contribution in [0.5, 0.6) is 0 Å². The van der Waals surface area contributed by atoms with Gasteiger partial charge in [-0.2, -0.15) is 0 Å². The molecule has 0 unspecified atom stereocenters. The Kier molecular flexibility index (Phi) is 5.35. The zero-order valence-electron chi connectivity index (χ0n) is 18.5. The average Bonchev–Trinajstić information content (AvgIpc) is 3.25. The van der Waals surface area contributed by atoms with Crippen molar-refractivity contribution in [3.05, 3.63) is 59.7 Å². The lowest BCUT2D eigenvalue weighted by Crippen LogP contribution is -2.49. The minimum absolute atomic E-state index is 0.0468. The third-order valence-corrected chi connectivity index (χ3v) is 7.54. The molecule has 3 aliphatic rings. The van der Waals surface area contributed by atoms with Crippen LogP contribution in [0.3, 0.4) is 0 Å². The van der Waals surface area contributed by atoms with Gasteiger partial charge in [-0.15, -0.1) is 0 Å². The fourth-order valence-electron chi connectivity index (χ4n) is 5.70. The van der Waals surface area contributed by atoms with E-state index in [-0.39, 0.29) is 30.4 Å².